The van der Waals surface area contributed by atoms with E-state index < -0.39 is 0 Å². The molecule has 1 rings (SSSR count). The molecule has 0 aromatic heterocycles. The number of nitrogens with two attached hydrogens (primary N) is 1. The minimum atomic E-state index is -0.338. The van der Waals surface area contributed by atoms with E-state index in [4.69, 9.17) is 10.5 Å². The van der Waals surface area contributed by atoms with Crippen LogP contribution in [0.15, 0.2) is 0 Å². The molecule has 0 aromatic rings. The van der Waals surface area contributed by atoms with Gasteiger partial charge in [-0.3, -0.25) is 4.79 Å². The normalized spacial score (nSPS) is 31.3. The number of hydrogen-bond donors (Lipinski definition) is 1. The Hall–Kier alpha value is -0.410. The van der Waals surface area contributed by atoms with E-state index in [0.717, 1.165) is 6.42 Å². The SMILES string of the molecule is CC(C)C(=O)[C@H]1OCC[C@H]1N. The van der Waals surface area contributed by atoms with Crippen molar-refractivity contribution in [3.05, 3.63) is 0 Å². The largest absolute Gasteiger partial charge is 0.369 e. The molecule has 1 heterocycles. The molecule has 0 aliphatic carbocycles. The fourth-order valence-corrected chi connectivity index (χ4v) is 1.23. The van der Waals surface area contributed by atoms with Crippen LogP contribution in [0.1, 0.15) is 20.3 Å². The molecule has 0 unspecified atom stereocenters. The van der Waals surface area contributed by atoms with Gasteiger partial charge in [-0.15, -0.1) is 0 Å². The summed E-state index contributed by atoms with van der Waals surface area (Å²) in [6.07, 6.45) is 0.471. The Morgan fingerprint density at radius 1 is 1.64 bits per heavy atom. The second kappa shape index (κ2) is 3.32. The molecule has 1 aliphatic rings. The maximum absolute atomic E-state index is 11.4. The van der Waals surface area contributed by atoms with Gasteiger partial charge in [-0.1, -0.05) is 13.8 Å². The van der Waals surface area contributed by atoms with Gasteiger partial charge in [0.15, 0.2) is 5.78 Å². The van der Waals surface area contributed by atoms with Crippen LogP contribution in [-0.4, -0.2) is 24.5 Å². The van der Waals surface area contributed by atoms with Crippen molar-refractivity contribution in [3.63, 3.8) is 0 Å². The molecule has 3 nitrogen and oxygen atoms in total. The van der Waals surface area contributed by atoms with Crippen LogP contribution in [0.2, 0.25) is 0 Å². The van der Waals surface area contributed by atoms with Gasteiger partial charge in [-0.05, 0) is 6.42 Å². The highest BCUT2D eigenvalue weighted by molar-refractivity contribution is 5.85. The molecule has 1 fully saturated rings. The highest BCUT2D eigenvalue weighted by Crippen LogP contribution is 2.15. The average Bonchev–Trinajstić information content (AvgIpc) is 2.33. The lowest BCUT2D eigenvalue weighted by Gasteiger charge is -2.14. The second-order valence-corrected chi connectivity index (χ2v) is 3.30. The Morgan fingerprint density at radius 3 is 2.64 bits per heavy atom. The fraction of sp³-hybridized carbons (Fsp3) is 0.875. The molecular formula is C8H15NO2. The third-order valence-corrected chi connectivity index (χ3v) is 1.99. The van der Waals surface area contributed by atoms with Crippen LogP contribution in [0.3, 0.4) is 0 Å². The lowest BCUT2D eigenvalue weighted by atomic mass is 9.99. The molecule has 2 N–H and O–H groups in total. The monoisotopic (exact) mass is 157 g/mol. The number of carbonyl (C=O) groups excluding carboxylic acids is 1. The minimum absolute atomic E-state index is 0.0316. The van der Waals surface area contributed by atoms with Gasteiger partial charge in [0.2, 0.25) is 0 Å². The Bertz CT molecular complexity index is 156. The van der Waals surface area contributed by atoms with Crippen LogP contribution in [0.5, 0.6) is 0 Å². The summed E-state index contributed by atoms with van der Waals surface area (Å²) in [6, 6.07) is -0.0788. The third-order valence-electron chi connectivity index (χ3n) is 1.99. The maximum Gasteiger partial charge on any atom is 0.165 e. The highest BCUT2D eigenvalue weighted by Gasteiger charge is 2.32. The van der Waals surface area contributed by atoms with Gasteiger partial charge in [0.25, 0.3) is 0 Å². The zero-order valence-corrected chi connectivity index (χ0v) is 7.04. The van der Waals surface area contributed by atoms with Gasteiger partial charge < -0.3 is 10.5 Å². The average molecular weight is 157 g/mol. The van der Waals surface area contributed by atoms with Gasteiger partial charge in [-0.2, -0.15) is 0 Å². The van der Waals surface area contributed by atoms with Crippen LogP contribution in [-0.2, 0) is 9.53 Å². The summed E-state index contributed by atoms with van der Waals surface area (Å²) in [6.45, 7) is 4.37. The molecule has 1 saturated heterocycles. The number of carbonyl (C=O) groups is 1. The number of hydrogen-bond acceptors (Lipinski definition) is 3. The van der Waals surface area contributed by atoms with E-state index in [9.17, 15) is 4.79 Å². The summed E-state index contributed by atoms with van der Waals surface area (Å²) in [5, 5.41) is 0. The zero-order chi connectivity index (χ0) is 8.43. The van der Waals surface area contributed by atoms with Crippen LogP contribution in [0.4, 0.5) is 0 Å². The van der Waals surface area contributed by atoms with E-state index in [1.807, 2.05) is 13.8 Å². The van der Waals surface area contributed by atoms with Crippen molar-refractivity contribution in [3.8, 4) is 0 Å². The summed E-state index contributed by atoms with van der Waals surface area (Å²) in [5.41, 5.74) is 5.67. The lowest BCUT2D eigenvalue weighted by Crippen LogP contribution is -2.38. The summed E-state index contributed by atoms with van der Waals surface area (Å²) < 4.78 is 5.21. The van der Waals surface area contributed by atoms with Crippen molar-refractivity contribution in [1.29, 1.82) is 0 Å². The Morgan fingerprint density at radius 2 is 2.27 bits per heavy atom. The molecule has 11 heavy (non-hydrogen) atoms. The summed E-state index contributed by atoms with van der Waals surface area (Å²) in [4.78, 5) is 11.4. The molecule has 0 saturated carbocycles. The molecule has 64 valence electrons. The predicted octanol–water partition coefficient (Wildman–Crippen LogP) is 0.328. The highest BCUT2D eigenvalue weighted by atomic mass is 16.5. The van der Waals surface area contributed by atoms with E-state index in [0.29, 0.717) is 6.61 Å². The van der Waals surface area contributed by atoms with Crippen molar-refractivity contribution in [2.75, 3.05) is 6.61 Å². The first-order valence-corrected chi connectivity index (χ1v) is 4.04. The Labute approximate surface area is 66.9 Å². The molecule has 0 amide bonds. The molecule has 2 atom stereocenters. The van der Waals surface area contributed by atoms with Crippen LogP contribution in [0.25, 0.3) is 0 Å². The van der Waals surface area contributed by atoms with E-state index >= 15 is 0 Å². The van der Waals surface area contributed by atoms with Crippen LogP contribution in [0, 0.1) is 5.92 Å². The van der Waals surface area contributed by atoms with Crippen LogP contribution < -0.4 is 5.73 Å². The van der Waals surface area contributed by atoms with E-state index in [-0.39, 0.29) is 23.8 Å². The Balaban J connectivity index is 2.53. The summed E-state index contributed by atoms with van der Waals surface area (Å²) in [5.74, 6) is 0.166. The predicted molar refractivity (Wildman–Crippen MR) is 42.2 cm³/mol. The molecule has 0 bridgehead atoms. The van der Waals surface area contributed by atoms with Crippen molar-refractivity contribution < 1.29 is 9.53 Å². The first kappa shape index (κ1) is 8.68. The van der Waals surface area contributed by atoms with Gasteiger partial charge in [-0.25, -0.2) is 0 Å². The Kier molecular flexibility index (Phi) is 2.62. The molecule has 0 spiro atoms. The molecule has 0 radical (unpaired) electrons. The number of ketones is 1. The van der Waals surface area contributed by atoms with Gasteiger partial charge in [0.1, 0.15) is 6.10 Å². The van der Waals surface area contributed by atoms with Crippen molar-refractivity contribution >= 4 is 5.78 Å². The minimum Gasteiger partial charge on any atom is -0.369 e. The first-order chi connectivity index (χ1) is 5.13. The number of Topliss-reactive ketones (excluding diaryl/α,β-unsaturated/α-hetero) is 1. The van der Waals surface area contributed by atoms with Crippen molar-refractivity contribution in [2.24, 2.45) is 11.7 Å². The van der Waals surface area contributed by atoms with Gasteiger partial charge >= 0.3 is 0 Å². The zero-order valence-electron chi connectivity index (χ0n) is 7.04. The van der Waals surface area contributed by atoms with Gasteiger partial charge in [0, 0.05) is 18.6 Å². The third kappa shape index (κ3) is 1.79. The quantitative estimate of drug-likeness (QED) is 0.628. The van der Waals surface area contributed by atoms with E-state index in [1.54, 1.807) is 0 Å². The van der Waals surface area contributed by atoms with Crippen molar-refractivity contribution in [2.45, 2.75) is 32.4 Å². The summed E-state index contributed by atoms with van der Waals surface area (Å²) in [7, 11) is 0. The fourth-order valence-electron chi connectivity index (χ4n) is 1.23. The lowest BCUT2D eigenvalue weighted by molar-refractivity contribution is -0.131. The molecule has 1 aliphatic heterocycles. The standard InChI is InChI=1S/C8H15NO2/c1-5(2)7(10)8-6(9)3-4-11-8/h5-6,8H,3-4,9H2,1-2H3/t6-,8+/m1/s1. The molecule has 3 heteroatoms. The number of ether oxygens (including phenoxy) is 1. The topological polar surface area (TPSA) is 52.3 Å². The molecular weight excluding hydrogens is 142 g/mol. The van der Waals surface area contributed by atoms with E-state index in [2.05, 4.69) is 0 Å². The van der Waals surface area contributed by atoms with Gasteiger partial charge in [0.05, 0.1) is 0 Å². The van der Waals surface area contributed by atoms with Crippen molar-refractivity contribution in [1.82, 2.24) is 0 Å². The smallest absolute Gasteiger partial charge is 0.165 e. The van der Waals surface area contributed by atoms with Crippen LogP contribution >= 0.6 is 0 Å². The second-order valence-electron chi connectivity index (χ2n) is 3.30. The molecule has 0 aromatic carbocycles. The van der Waals surface area contributed by atoms with E-state index in [1.165, 1.54) is 0 Å². The number of rotatable bonds is 2. The first-order valence-electron chi connectivity index (χ1n) is 4.04. The maximum atomic E-state index is 11.4. The summed E-state index contributed by atoms with van der Waals surface area (Å²) >= 11 is 0.